The van der Waals surface area contributed by atoms with Crippen LogP contribution in [0, 0.1) is 0 Å². The zero-order valence-electron chi connectivity index (χ0n) is 10.3. The van der Waals surface area contributed by atoms with Crippen molar-refractivity contribution in [1.82, 2.24) is 19.5 Å². The molecular weight excluding hydrogens is 244 g/mol. The Balaban J connectivity index is 2.05. The number of aromatic amines is 1. The molecule has 6 heteroatoms. The van der Waals surface area contributed by atoms with Gasteiger partial charge in [0.25, 0.3) is 0 Å². The van der Waals surface area contributed by atoms with Gasteiger partial charge in [-0.05, 0) is 17.7 Å². The van der Waals surface area contributed by atoms with Gasteiger partial charge in [-0.2, -0.15) is 0 Å². The molecule has 0 bridgehead atoms. The largest absolute Gasteiger partial charge is 0.497 e. The molecule has 1 N–H and O–H groups in total. The van der Waals surface area contributed by atoms with E-state index in [1.165, 1.54) is 6.33 Å². The van der Waals surface area contributed by atoms with Gasteiger partial charge in [0.2, 0.25) is 0 Å². The fourth-order valence-corrected chi connectivity index (χ4v) is 2.01. The van der Waals surface area contributed by atoms with Crippen LogP contribution >= 0.6 is 0 Å². The quantitative estimate of drug-likeness (QED) is 0.763. The van der Waals surface area contributed by atoms with Crippen LogP contribution in [-0.4, -0.2) is 26.6 Å². The Hall–Kier alpha value is -2.63. The maximum absolute atomic E-state index is 11.9. The van der Waals surface area contributed by atoms with Gasteiger partial charge < -0.3 is 9.72 Å². The smallest absolute Gasteiger partial charge is 0.328 e. The van der Waals surface area contributed by atoms with Crippen LogP contribution in [0.4, 0.5) is 0 Å². The molecule has 0 spiro atoms. The van der Waals surface area contributed by atoms with E-state index in [-0.39, 0.29) is 5.69 Å². The van der Waals surface area contributed by atoms with Gasteiger partial charge in [-0.15, -0.1) is 0 Å². The van der Waals surface area contributed by atoms with E-state index in [0.29, 0.717) is 17.7 Å². The molecule has 96 valence electrons. The van der Waals surface area contributed by atoms with Gasteiger partial charge in [-0.3, -0.25) is 4.57 Å². The van der Waals surface area contributed by atoms with Gasteiger partial charge in [0.1, 0.15) is 17.6 Å². The van der Waals surface area contributed by atoms with E-state index in [0.717, 1.165) is 11.3 Å². The highest BCUT2D eigenvalue weighted by atomic mass is 16.5. The second kappa shape index (κ2) is 4.56. The van der Waals surface area contributed by atoms with E-state index in [2.05, 4.69) is 15.0 Å². The summed E-state index contributed by atoms with van der Waals surface area (Å²) in [5.74, 6) is 0.764. The molecule has 0 radical (unpaired) electrons. The van der Waals surface area contributed by atoms with Crippen LogP contribution in [0.15, 0.2) is 41.6 Å². The second-order valence-electron chi connectivity index (χ2n) is 4.13. The van der Waals surface area contributed by atoms with E-state index >= 15 is 0 Å². The van der Waals surface area contributed by atoms with Crippen LogP contribution in [0.3, 0.4) is 0 Å². The molecule has 2 aromatic heterocycles. The van der Waals surface area contributed by atoms with Crippen molar-refractivity contribution < 1.29 is 4.74 Å². The average Bonchev–Trinajstić information content (AvgIpc) is 2.76. The minimum atomic E-state index is -0.196. The first kappa shape index (κ1) is 11.5. The molecule has 0 aliphatic carbocycles. The summed E-state index contributed by atoms with van der Waals surface area (Å²) in [4.78, 5) is 22.7. The Bertz CT molecular complexity index is 775. The minimum absolute atomic E-state index is 0.196. The first-order valence-corrected chi connectivity index (χ1v) is 5.79. The molecule has 19 heavy (non-hydrogen) atoms. The van der Waals surface area contributed by atoms with E-state index < -0.39 is 0 Å². The van der Waals surface area contributed by atoms with Crippen molar-refractivity contribution in [3.8, 4) is 5.75 Å². The lowest BCUT2D eigenvalue weighted by molar-refractivity contribution is 0.414. The zero-order valence-corrected chi connectivity index (χ0v) is 10.3. The van der Waals surface area contributed by atoms with Crippen LogP contribution in [0.2, 0.25) is 0 Å². The summed E-state index contributed by atoms with van der Waals surface area (Å²) >= 11 is 0. The normalized spacial score (nSPS) is 10.8. The summed E-state index contributed by atoms with van der Waals surface area (Å²) in [6.45, 7) is 0.438. The third-order valence-corrected chi connectivity index (χ3v) is 2.91. The van der Waals surface area contributed by atoms with E-state index in [9.17, 15) is 4.79 Å². The Morgan fingerprint density at radius 2 is 2.32 bits per heavy atom. The maximum atomic E-state index is 11.9. The molecule has 1 aromatic carbocycles. The summed E-state index contributed by atoms with van der Waals surface area (Å²) in [7, 11) is 1.62. The van der Waals surface area contributed by atoms with Gasteiger partial charge in [0, 0.05) is 0 Å². The summed E-state index contributed by atoms with van der Waals surface area (Å²) in [6.07, 6.45) is 3.02. The topological polar surface area (TPSA) is 72.8 Å². The molecular formula is C13H12N4O2. The molecule has 0 fully saturated rings. The summed E-state index contributed by atoms with van der Waals surface area (Å²) in [5.41, 5.74) is 2.01. The van der Waals surface area contributed by atoms with Crippen LogP contribution < -0.4 is 10.4 Å². The van der Waals surface area contributed by atoms with Crippen LogP contribution in [0.5, 0.6) is 5.75 Å². The van der Waals surface area contributed by atoms with Gasteiger partial charge in [0.15, 0.2) is 5.65 Å². The fraction of sp³-hybridized carbons (Fsp3) is 0.154. The van der Waals surface area contributed by atoms with E-state index in [1.807, 2.05) is 24.3 Å². The maximum Gasteiger partial charge on any atom is 0.328 e. The Kier molecular flexibility index (Phi) is 2.75. The standard InChI is InChI=1S/C13H12N4O2/c1-19-10-4-2-3-9(5-10)7-17-12-11(16-13(17)18)6-14-8-15-12/h2-6,8H,7H2,1H3,(H,16,18). The number of methoxy groups -OCH3 is 1. The van der Waals surface area contributed by atoms with Crippen LogP contribution in [-0.2, 0) is 6.54 Å². The monoisotopic (exact) mass is 256 g/mol. The van der Waals surface area contributed by atoms with E-state index in [4.69, 9.17) is 4.74 Å². The predicted octanol–water partition coefficient (Wildman–Crippen LogP) is 1.18. The third kappa shape index (κ3) is 2.08. The first-order valence-electron chi connectivity index (χ1n) is 5.79. The number of hydrogen-bond acceptors (Lipinski definition) is 4. The first-order chi connectivity index (χ1) is 9.28. The highest BCUT2D eigenvalue weighted by Crippen LogP contribution is 2.14. The fourth-order valence-electron chi connectivity index (χ4n) is 2.01. The number of hydrogen-bond donors (Lipinski definition) is 1. The second-order valence-corrected chi connectivity index (χ2v) is 4.13. The van der Waals surface area contributed by atoms with Crippen molar-refractivity contribution in [2.75, 3.05) is 7.11 Å². The number of nitrogens with one attached hydrogen (secondary N) is 1. The molecule has 0 amide bonds. The number of imidazole rings is 1. The Morgan fingerprint density at radius 1 is 1.42 bits per heavy atom. The molecule has 3 rings (SSSR count). The molecule has 3 aromatic rings. The van der Waals surface area contributed by atoms with Crippen molar-refractivity contribution in [2.24, 2.45) is 0 Å². The van der Waals surface area contributed by atoms with Crippen molar-refractivity contribution in [3.63, 3.8) is 0 Å². The number of nitrogens with zero attached hydrogens (tertiary/aromatic N) is 3. The van der Waals surface area contributed by atoms with Crippen molar-refractivity contribution >= 4 is 11.2 Å². The SMILES string of the molecule is COc1cccc(Cn2c(=O)[nH]c3cncnc32)c1. The number of benzene rings is 1. The molecule has 0 saturated carbocycles. The number of aromatic nitrogens is 4. The molecule has 2 heterocycles. The Morgan fingerprint density at radius 3 is 3.16 bits per heavy atom. The summed E-state index contributed by atoms with van der Waals surface area (Å²) in [5, 5.41) is 0. The van der Waals surface area contributed by atoms with Gasteiger partial charge >= 0.3 is 5.69 Å². The number of ether oxygens (including phenoxy) is 1. The average molecular weight is 256 g/mol. The van der Waals surface area contributed by atoms with Crippen molar-refractivity contribution in [2.45, 2.75) is 6.54 Å². The number of rotatable bonds is 3. The van der Waals surface area contributed by atoms with Crippen molar-refractivity contribution in [1.29, 1.82) is 0 Å². The highest BCUT2D eigenvalue weighted by molar-refractivity contribution is 5.68. The lowest BCUT2D eigenvalue weighted by Gasteiger charge is -2.05. The molecule has 0 unspecified atom stereocenters. The molecule has 6 nitrogen and oxygen atoms in total. The third-order valence-electron chi connectivity index (χ3n) is 2.91. The molecule has 0 aliphatic heterocycles. The lowest BCUT2D eigenvalue weighted by atomic mass is 10.2. The Labute approximate surface area is 108 Å². The molecule has 0 atom stereocenters. The van der Waals surface area contributed by atoms with Gasteiger partial charge in [-0.1, -0.05) is 12.1 Å². The van der Waals surface area contributed by atoms with Crippen LogP contribution in [0.25, 0.3) is 11.2 Å². The van der Waals surface area contributed by atoms with Crippen molar-refractivity contribution in [3.05, 3.63) is 52.8 Å². The molecule has 0 saturated heterocycles. The van der Waals surface area contributed by atoms with E-state index in [1.54, 1.807) is 17.9 Å². The number of fused-ring (bicyclic) bond motifs is 1. The van der Waals surface area contributed by atoms with Crippen LogP contribution in [0.1, 0.15) is 5.56 Å². The summed E-state index contributed by atoms with van der Waals surface area (Å²) < 4.78 is 6.75. The number of H-pyrrole nitrogens is 1. The minimum Gasteiger partial charge on any atom is -0.497 e. The van der Waals surface area contributed by atoms with Gasteiger partial charge in [0.05, 0.1) is 19.9 Å². The predicted molar refractivity (Wildman–Crippen MR) is 70.2 cm³/mol. The lowest BCUT2D eigenvalue weighted by Crippen LogP contribution is -2.17. The van der Waals surface area contributed by atoms with Gasteiger partial charge in [-0.25, -0.2) is 14.8 Å². The summed E-state index contributed by atoms with van der Waals surface area (Å²) in [6, 6.07) is 7.59. The zero-order chi connectivity index (χ0) is 13.2. The molecule has 0 aliphatic rings. The highest BCUT2D eigenvalue weighted by Gasteiger charge is 2.08.